The van der Waals surface area contributed by atoms with Crippen molar-refractivity contribution < 1.29 is 9.53 Å². The lowest BCUT2D eigenvalue weighted by atomic mass is 10.0. The third-order valence-electron chi connectivity index (χ3n) is 4.54. The van der Waals surface area contributed by atoms with Crippen LogP contribution in [0.5, 0.6) is 5.75 Å². The summed E-state index contributed by atoms with van der Waals surface area (Å²) in [7, 11) is 0. The summed E-state index contributed by atoms with van der Waals surface area (Å²) in [4.78, 5) is 16.5. The zero-order chi connectivity index (χ0) is 18.3. The van der Waals surface area contributed by atoms with Gasteiger partial charge in [-0.1, -0.05) is 6.92 Å². The van der Waals surface area contributed by atoms with E-state index in [0.717, 1.165) is 29.0 Å². The number of Topliss-reactive ketones (excluding diaryl/α,β-unsaturated/α-hetero) is 1. The van der Waals surface area contributed by atoms with Gasteiger partial charge in [0.1, 0.15) is 12.1 Å². The van der Waals surface area contributed by atoms with Crippen LogP contribution in [0, 0.1) is 0 Å². The normalized spacial score (nSPS) is 13.1. The van der Waals surface area contributed by atoms with Crippen LogP contribution >= 0.6 is 0 Å². The number of nitrogens with zero attached hydrogens (tertiary/aromatic N) is 5. The zero-order valence-electron chi connectivity index (χ0n) is 15.1. The number of benzene rings is 1. The first kappa shape index (κ1) is 16.5. The fourth-order valence-electron chi connectivity index (χ4n) is 3.18. The highest BCUT2D eigenvalue weighted by Gasteiger charge is 2.22. The Balaban J connectivity index is 1.85. The Labute approximate surface area is 151 Å². The lowest BCUT2D eigenvalue weighted by Gasteiger charge is -2.10. The summed E-state index contributed by atoms with van der Waals surface area (Å²) in [5.74, 6) is 1.54. The van der Waals surface area contributed by atoms with Gasteiger partial charge in [0.05, 0.1) is 18.3 Å². The molecule has 1 aromatic carbocycles. The zero-order valence-corrected chi connectivity index (χ0v) is 15.1. The van der Waals surface area contributed by atoms with Crippen LogP contribution in [-0.2, 0) is 6.42 Å². The highest BCUT2D eigenvalue weighted by atomic mass is 16.5. The molecule has 0 aliphatic carbocycles. The molecule has 7 nitrogen and oxygen atoms in total. The molecule has 0 saturated carbocycles. The second-order valence-electron chi connectivity index (χ2n) is 6.63. The summed E-state index contributed by atoms with van der Waals surface area (Å²) in [6, 6.07) is 5.75. The molecular weight excluding hydrogens is 330 g/mol. The smallest absolute Gasteiger partial charge is 0.249 e. The van der Waals surface area contributed by atoms with Crippen molar-refractivity contribution >= 4 is 5.78 Å². The number of carbonyl (C=O) groups is 1. The Hall–Kier alpha value is -2.96. The summed E-state index contributed by atoms with van der Waals surface area (Å²) in [5.41, 5.74) is 3.44. The van der Waals surface area contributed by atoms with E-state index in [9.17, 15) is 4.79 Å². The van der Waals surface area contributed by atoms with E-state index < -0.39 is 0 Å². The Bertz CT molecular complexity index is 970. The van der Waals surface area contributed by atoms with Crippen LogP contribution in [0.1, 0.15) is 49.2 Å². The number of ketones is 1. The van der Waals surface area contributed by atoms with Gasteiger partial charge in [0.15, 0.2) is 5.78 Å². The van der Waals surface area contributed by atoms with Gasteiger partial charge in [-0.2, -0.15) is 15.2 Å². The van der Waals surface area contributed by atoms with Crippen LogP contribution in [0.15, 0.2) is 30.7 Å². The van der Waals surface area contributed by atoms with E-state index in [0.29, 0.717) is 24.5 Å². The van der Waals surface area contributed by atoms with E-state index in [4.69, 9.17) is 9.84 Å². The maximum Gasteiger partial charge on any atom is 0.249 e. The molecule has 3 heterocycles. The SMILES string of the molecule is CCC(=O)c1ccc2c(c1)-c1nn(-c3ncnn3C(C)C)cc1CCO2. The number of ether oxygens (including phenoxy) is 1. The van der Waals surface area contributed by atoms with Crippen LogP contribution in [0.2, 0.25) is 0 Å². The number of hydrogen-bond donors (Lipinski definition) is 0. The fraction of sp³-hybridized carbons (Fsp3) is 0.368. The van der Waals surface area contributed by atoms with Crippen LogP contribution in [0.3, 0.4) is 0 Å². The van der Waals surface area contributed by atoms with Gasteiger partial charge in [-0.25, -0.2) is 9.36 Å². The van der Waals surface area contributed by atoms with Crippen molar-refractivity contribution in [1.82, 2.24) is 24.5 Å². The van der Waals surface area contributed by atoms with Gasteiger partial charge < -0.3 is 4.74 Å². The molecule has 0 spiro atoms. The van der Waals surface area contributed by atoms with Crippen LogP contribution in [0.25, 0.3) is 17.2 Å². The molecule has 1 aliphatic heterocycles. The Morgan fingerprint density at radius 2 is 2.19 bits per heavy atom. The highest BCUT2D eigenvalue weighted by Crippen LogP contribution is 2.35. The van der Waals surface area contributed by atoms with Gasteiger partial charge in [-0.15, -0.1) is 0 Å². The second kappa shape index (κ2) is 6.40. The lowest BCUT2D eigenvalue weighted by molar-refractivity contribution is 0.0988. The summed E-state index contributed by atoms with van der Waals surface area (Å²) < 4.78 is 9.46. The quantitative estimate of drug-likeness (QED) is 0.675. The molecule has 0 fully saturated rings. The van der Waals surface area contributed by atoms with Gasteiger partial charge in [0, 0.05) is 35.7 Å². The largest absolute Gasteiger partial charge is 0.493 e. The summed E-state index contributed by atoms with van der Waals surface area (Å²) in [5, 5.41) is 9.05. The topological polar surface area (TPSA) is 74.8 Å². The van der Waals surface area contributed by atoms with Gasteiger partial charge in [0.2, 0.25) is 5.95 Å². The molecule has 0 unspecified atom stereocenters. The molecule has 0 N–H and O–H groups in total. The van der Waals surface area contributed by atoms with Crippen molar-refractivity contribution in [3.63, 3.8) is 0 Å². The third-order valence-corrected chi connectivity index (χ3v) is 4.54. The van der Waals surface area contributed by atoms with Crippen molar-refractivity contribution in [2.24, 2.45) is 0 Å². The van der Waals surface area contributed by atoms with Crippen LogP contribution in [0.4, 0.5) is 0 Å². The number of carbonyl (C=O) groups excluding carboxylic acids is 1. The molecular formula is C19H21N5O2. The van der Waals surface area contributed by atoms with E-state index in [1.807, 2.05) is 36.0 Å². The predicted molar refractivity (Wildman–Crippen MR) is 96.8 cm³/mol. The molecule has 1 aliphatic rings. The lowest BCUT2D eigenvalue weighted by Crippen LogP contribution is -2.11. The first-order valence-corrected chi connectivity index (χ1v) is 8.87. The van der Waals surface area contributed by atoms with E-state index in [1.165, 1.54) is 6.33 Å². The van der Waals surface area contributed by atoms with Crippen LogP contribution < -0.4 is 4.74 Å². The number of hydrogen-bond acceptors (Lipinski definition) is 5. The third kappa shape index (κ3) is 2.69. The second-order valence-corrected chi connectivity index (χ2v) is 6.63. The Kier molecular flexibility index (Phi) is 4.06. The summed E-state index contributed by atoms with van der Waals surface area (Å²) in [6.07, 6.45) is 4.73. The molecule has 134 valence electrons. The van der Waals surface area contributed by atoms with Gasteiger partial charge in [0.25, 0.3) is 0 Å². The van der Waals surface area contributed by atoms with Gasteiger partial charge >= 0.3 is 0 Å². The van der Waals surface area contributed by atoms with Crippen molar-refractivity contribution in [3.05, 3.63) is 41.9 Å². The first-order chi connectivity index (χ1) is 12.6. The summed E-state index contributed by atoms with van der Waals surface area (Å²) in [6.45, 7) is 6.55. The van der Waals surface area contributed by atoms with Crippen molar-refractivity contribution in [1.29, 1.82) is 0 Å². The molecule has 3 aromatic rings. The minimum atomic E-state index is 0.109. The van der Waals surface area contributed by atoms with Gasteiger partial charge in [-0.3, -0.25) is 4.79 Å². The Morgan fingerprint density at radius 3 is 2.96 bits per heavy atom. The number of fused-ring (bicyclic) bond motifs is 3. The van der Waals surface area contributed by atoms with E-state index in [2.05, 4.69) is 23.9 Å². The number of rotatable bonds is 4. The maximum atomic E-state index is 12.1. The predicted octanol–water partition coefficient (Wildman–Crippen LogP) is 3.24. The molecule has 2 aromatic heterocycles. The van der Waals surface area contributed by atoms with Crippen molar-refractivity contribution in [2.45, 2.75) is 39.7 Å². The molecule has 7 heteroatoms. The van der Waals surface area contributed by atoms with E-state index in [1.54, 1.807) is 4.68 Å². The molecule has 0 amide bonds. The number of aromatic nitrogens is 5. The molecule has 0 atom stereocenters. The fourth-order valence-corrected chi connectivity index (χ4v) is 3.18. The molecule has 0 radical (unpaired) electrons. The average Bonchev–Trinajstić information content (AvgIpc) is 3.25. The molecule has 0 saturated heterocycles. The standard InChI is InChI=1S/C19H21N5O2/c1-4-16(25)13-5-6-17-15(9-13)18-14(7-8-26-17)10-23(22-18)19-20-11-21-24(19)12(2)3/h5-6,9-12H,4,7-8H2,1-3H3. The minimum Gasteiger partial charge on any atom is -0.493 e. The monoisotopic (exact) mass is 351 g/mol. The van der Waals surface area contributed by atoms with Crippen molar-refractivity contribution in [3.8, 4) is 23.0 Å². The molecule has 4 rings (SSSR count). The molecule has 26 heavy (non-hydrogen) atoms. The van der Waals surface area contributed by atoms with Gasteiger partial charge in [-0.05, 0) is 32.0 Å². The Morgan fingerprint density at radius 1 is 1.35 bits per heavy atom. The highest BCUT2D eigenvalue weighted by molar-refractivity contribution is 5.97. The first-order valence-electron chi connectivity index (χ1n) is 8.87. The maximum absolute atomic E-state index is 12.1. The average molecular weight is 351 g/mol. The van der Waals surface area contributed by atoms with E-state index >= 15 is 0 Å². The van der Waals surface area contributed by atoms with E-state index in [-0.39, 0.29) is 11.8 Å². The molecule has 0 bridgehead atoms. The van der Waals surface area contributed by atoms with Crippen LogP contribution in [-0.4, -0.2) is 36.9 Å². The van der Waals surface area contributed by atoms with Crippen molar-refractivity contribution in [2.75, 3.05) is 6.61 Å². The summed E-state index contributed by atoms with van der Waals surface area (Å²) >= 11 is 0. The minimum absolute atomic E-state index is 0.109.